The van der Waals surface area contributed by atoms with Crippen LogP contribution < -0.4 is 0 Å². The van der Waals surface area contributed by atoms with Crippen molar-refractivity contribution < 1.29 is 14.6 Å². The van der Waals surface area contributed by atoms with Gasteiger partial charge in [0, 0.05) is 11.4 Å². The third kappa shape index (κ3) is 3.46. The minimum absolute atomic E-state index is 0.000368. The lowest BCUT2D eigenvalue weighted by Gasteiger charge is -2.13. The zero-order valence-corrected chi connectivity index (χ0v) is 10.2. The van der Waals surface area contributed by atoms with Crippen LogP contribution in [0.2, 0.25) is 0 Å². The number of aromatic nitrogens is 2. The van der Waals surface area contributed by atoms with Gasteiger partial charge in [0.15, 0.2) is 0 Å². The molecular weight excluding hydrogens is 228 g/mol. The lowest BCUT2D eigenvalue weighted by atomic mass is 10.3. The normalized spacial score (nSPS) is 14.2. The Hall–Kier alpha value is -1.14. The molecule has 0 aromatic carbocycles. The molecule has 0 saturated heterocycles. The van der Waals surface area contributed by atoms with E-state index in [-0.39, 0.29) is 11.1 Å². The quantitative estimate of drug-likeness (QED) is 0.484. The number of hydrogen-bond donors (Lipinski definition) is 1. The monoisotopic (exact) mass is 242 g/mol. The summed E-state index contributed by atoms with van der Waals surface area (Å²) in [5.74, 6) is -0.530. The lowest BCUT2D eigenvalue weighted by Crippen LogP contribution is -2.15. The number of hydrogen-bond acceptors (Lipinski definition) is 6. The number of ether oxygens (including phenoxy) is 1. The van der Waals surface area contributed by atoms with Gasteiger partial charge < -0.3 is 9.84 Å². The maximum Gasteiger partial charge on any atom is 0.376 e. The van der Waals surface area contributed by atoms with Crippen LogP contribution >= 0.6 is 11.8 Å². The standard InChI is InChI=1S/C10H14N2O3S/c1-6(13)7(2)16-8-4-5-11-9(12-8)10(14)15-3/h4-7,13H,1-3H3. The Bertz CT molecular complexity index is 371. The minimum atomic E-state index is -0.563. The van der Waals surface area contributed by atoms with E-state index in [1.807, 2.05) is 6.92 Å². The van der Waals surface area contributed by atoms with Crippen molar-refractivity contribution in [2.75, 3.05) is 7.11 Å². The van der Waals surface area contributed by atoms with Crippen LogP contribution in [0.15, 0.2) is 17.3 Å². The number of nitrogens with zero attached hydrogens (tertiary/aromatic N) is 2. The first-order valence-electron chi connectivity index (χ1n) is 4.80. The molecule has 2 atom stereocenters. The second-order valence-corrected chi connectivity index (χ2v) is 4.67. The van der Waals surface area contributed by atoms with Crippen LogP contribution in [0.25, 0.3) is 0 Å². The Morgan fingerprint density at radius 3 is 2.81 bits per heavy atom. The van der Waals surface area contributed by atoms with Gasteiger partial charge >= 0.3 is 5.97 Å². The molecule has 1 rings (SSSR count). The fourth-order valence-corrected chi connectivity index (χ4v) is 1.74. The maximum absolute atomic E-state index is 11.2. The van der Waals surface area contributed by atoms with E-state index in [2.05, 4.69) is 14.7 Å². The Balaban J connectivity index is 2.78. The zero-order chi connectivity index (χ0) is 12.1. The highest BCUT2D eigenvalue weighted by Gasteiger charge is 2.14. The smallest absolute Gasteiger partial charge is 0.376 e. The summed E-state index contributed by atoms with van der Waals surface area (Å²) in [6.45, 7) is 3.59. The topological polar surface area (TPSA) is 72.3 Å². The molecule has 0 aliphatic carbocycles. The average molecular weight is 242 g/mol. The first-order chi connectivity index (χ1) is 7.54. The predicted molar refractivity (Wildman–Crippen MR) is 60.4 cm³/mol. The molecule has 16 heavy (non-hydrogen) atoms. The van der Waals surface area contributed by atoms with Gasteiger partial charge in [0.1, 0.15) is 5.03 Å². The van der Waals surface area contributed by atoms with Gasteiger partial charge in [0.25, 0.3) is 0 Å². The van der Waals surface area contributed by atoms with Crippen LogP contribution in [0.1, 0.15) is 24.5 Å². The summed E-state index contributed by atoms with van der Waals surface area (Å²) < 4.78 is 4.52. The van der Waals surface area contributed by atoms with Crippen LogP contribution in [-0.4, -0.2) is 39.5 Å². The van der Waals surface area contributed by atoms with Crippen molar-refractivity contribution in [2.24, 2.45) is 0 Å². The van der Waals surface area contributed by atoms with Gasteiger partial charge in [-0.3, -0.25) is 0 Å². The summed E-state index contributed by atoms with van der Waals surface area (Å²) in [5, 5.41) is 9.99. The second-order valence-electron chi connectivity index (χ2n) is 3.27. The highest BCUT2D eigenvalue weighted by Crippen LogP contribution is 2.22. The number of aliphatic hydroxyl groups excluding tert-OH is 1. The average Bonchev–Trinajstić information content (AvgIpc) is 2.28. The van der Waals surface area contributed by atoms with Crippen molar-refractivity contribution in [1.29, 1.82) is 0 Å². The molecule has 5 nitrogen and oxygen atoms in total. The number of esters is 1. The summed E-state index contributed by atoms with van der Waals surface area (Å²) in [6.07, 6.45) is 1.05. The van der Waals surface area contributed by atoms with E-state index in [0.717, 1.165) is 0 Å². The van der Waals surface area contributed by atoms with Crippen LogP contribution in [0, 0.1) is 0 Å². The third-order valence-corrected chi connectivity index (χ3v) is 3.22. The fourth-order valence-electron chi connectivity index (χ4n) is 0.886. The molecule has 6 heteroatoms. The van der Waals surface area contributed by atoms with E-state index in [9.17, 15) is 9.90 Å². The van der Waals surface area contributed by atoms with Crippen molar-refractivity contribution >= 4 is 17.7 Å². The van der Waals surface area contributed by atoms with Gasteiger partial charge in [0.05, 0.1) is 13.2 Å². The maximum atomic E-state index is 11.2. The Morgan fingerprint density at radius 1 is 1.56 bits per heavy atom. The van der Waals surface area contributed by atoms with Gasteiger partial charge in [-0.15, -0.1) is 11.8 Å². The highest BCUT2D eigenvalue weighted by atomic mass is 32.2. The summed E-state index contributed by atoms with van der Waals surface area (Å²) in [6, 6.07) is 1.69. The molecule has 1 aromatic rings. The Labute approximate surface area is 98.3 Å². The number of methoxy groups -OCH3 is 1. The molecule has 0 spiro atoms. The van der Waals surface area contributed by atoms with Crippen molar-refractivity contribution in [3.8, 4) is 0 Å². The number of aliphatic hydroxyl groups is 1. The van der Waals surface area contributed by atoms with E-state index in [0.29, 0.717) is 5.03 Å². The molecule has 0 radical (unpaired) electrons. The van der Waals surface area contributed by atoms with Crippen LogP contribution in [-0.2, 0) is 4.74 Å². The Kier molecular flexibility index (Phi) is 4.70. The van der Waals surface area contributed by atoms with Crippen LogP contribution in [0.3, 0.4) is 0 Å². The van der Waals surface area contributed by atoms with Crippen molar-refractivity contribution in [1.82, 2.24) is 9.97 Å². The van der Waals surface area contributed by atoms with Crippen molar-refractivity contribution in [3.05, 3.63) is 18.1 Å². The number of rotatable bonds is 4. The minimum Gasteiger partial charge on any atom is -0.463 e. The third-order valence-electron chi connectivity index (χ3n) is 1.98. The van der Waals surface area contributed by atoms with Gasteiger partial charge in [-0.25, -0.2) is 14.8 Å². The zero-order valence-electron chi connectivity index (χ0n) is 9.38. The molecule has 0 fully saturated rings. The van der Waals surface area contributed by atoms with E-state index >= 15 is 0 Å². The molecule has 0 bridgehead atoms. The van der Waals surface area contributed by atoms with E-state index < -0.39 is 12.1 Å². The largest absolute Gasteiger partial charge is 0.463 e. The number of thioether (sulfide) groups is 1. The first kappa shape index (κ1) is 12.9. The summed E-state index contributed by atoms with van der Waals surface area (Å²) >= 11 is 1.38. The molecule has 2 unspecified atom stereocenters. The van der Waals surface area contributed by atoms with Crippen LogP contribution in [0.4, 0.5) is 0 Å². The van der Waals surface area contributed by atoms with E-state index in [1.165, 1.54) is 25.1 Å². The second kappa shape index (κ2) is 5.81. The number of carbonyl (C=O) groups is 1. The molecule has 1 heterocycles. The molecule has 0 aliphatic rings. The number of carbonyl (C=O) groups excluding carboxylic acids is 1. The molecule has 88 valence electrons. The molecule has 0 saturated carbocycles. The molecular formula is C10H14N2O3S. The van der Waals surface area contributed by atoms with Gasteiger partial charge in [-0.05, 0) is 13.0 Å². The molecule has 1 aromatic heterocycles. The first-order valence-corrected chi connectivity index (χ1v) is 5.68. The molecule has 1 N–H and O–H groups in total. The molecule has 0 aliphatic heterocycles. The van der Waals surface area contributed by atoms with Crippen molar-refractivity contribution in [2.45, 2.75) is 30.2 Å². The summed E-state index contributed by atoms with van der Waals surface area (Å²) in [7, 11) is 1.28. The van der Waals surface area contributed by atoms with Gasteiger partial charge in [0.2, 0.25) is 5.82 Å². The predicted octanol–water partition coefficient (Wildman–Crippen LogP) is 1.12. The van der Waals surface area contributed by atoms with Gasteiger partial charge in [-0.2, -0.15) is 0 Å². The lowest BCUT2D eigenvalue weighted by molar-refractivity contribution is 0.0585. The van der Waals surface area contributed by atoms with Gasteiger partial charge in [-0.1, -0.05) is 6.92 Å². The molecule has 0 amide bonds. The van der Waals surface area contributed by atoms with Crippen LogP contribution in [0.5, 0.6) is 0 Å². The highest BCUT2D eigenvalue weighted by molar-refractivity contribution is 7.99. The summed E-state index contributed by atoms with van der Waals surface area (Å²) in [5.41, 5.74) is 0. The Morgan fingerprint density at radius 2 is 2.25 bits per heavy atom. The summed E-state index contributed by atoms with van der Waals surface area (Å²) in [4.78, 5) is 19.0. The van der Waals surface area contributed by atoms with E-state index in [1.54, 1.807) is 13.0 Å². The SMILES string of the molecule is COC(=O)c1nccc(SC(C)C(C)O)n1. The fraction of sp³-hybridized carbons (Fsp3) is 0.500. The van der Waals surface area contributed by atoms with E-state index in [4.69, 9.17) is 0 Å². The van der Waals surface area contributed by atoms with Crippen molar-refractivity contribution in [3.63, 3.8) is 0 Å².